The lowest BCUT2D eigenvalue weighted by Gasteiger charge is -2.40. The van der Waals surface area contributed by atoms with Crippen molar-refractivity contribution in [3.05, 3.63) is 34.4 Å². The molecule has 8 nitrogen and oxygen atoms in total. The van der Waals surface area contributed by atoms with E-state index in [4.69, 9.17) is 18.9 Å². The molecule has 0 amide bonds. The first-order valence-corrected chi connectivity index (χ1v) is 10.3. The summed E-state index contributed by atoms with van der Waals surface area (Å²) < 4.78 is 22.1. The van der Waals surface area contributed by atoms with Gasteiger partial charge in [0.15, 0.2) is 18.5 Å². The van der Waals surface area contributed by atoms with Crippen molar-refractivity contribution in [1.29, 1.82) is 0 Å². The zero-order chi connectivity index (χ0) is 24.2. The average molecular weight is 446 g/mol. The Bertz CT molecular complexity index is 957. The number of ketones is 1. The number of carbonyl (C=O) groups is 4. The molecule has 0 heterocycles. The molecule has 0 fully saturated rings. The van der Waals surface area contributed by atoms with E-state index in [0.29, 0.717) is 30.5 Å². The van der Waals surface area contributed by atoms with Gasteiger partial charge in [0.25, 0.3) is 0 Å². The van der Waals surface area contributed by atoms with E-state index in [-0.39, 0.29) is 22.7 Å². The SMILES string of the molecule is COc1cc(C=O)c([C@@H](OC(C)=O)[C@@H](OC(C)=O)C2=C(C)CCC(=O)C2(C)C)c(OC)c1. The molecule has 1 aliphatic rings. The number of allylic oxidation sites excluding steroid dienone is 1. The molecule has 0 saturated heterocycles. The minimum atomic E-state index is -1.23. The fraction of sp³-hybridized carbons (Fsp3) is 0.500. The Morgan fingerprint density at radius 3 is 2.09 bits per heavy atom. The van der Waals surface area contributed by atoms with Gasteiger partial charge in [-0.05, 0) is 38.8 Å². The van der Waals surface area contributed by atoms with Crippen LogP contribution in [0.25, 0.3) is 0 Å². The smallest absolute Gasteiger partial charge is 0.303 e. The van der Waals surface area contributed by atoms with Gasteiger partial charge in [-0.2, -0.15) is 0 Å². The number of aldehydes is 1. The molecule has 8 heteroatoms. The van der Waals surface area contributed by atoms with Crippen molar-refractivity contribution in [2.24, 2.45) is 5.41 Å². The topological polar surface area (TPSA) is 105 Å². The van der Waals surface area contributed by atoms with E-state index in [1.54, 1.807) is 19.9 Å². The predicted molar refractivity (Wildman–Crippen MR) is 116 cm³/mol. The first-order chi connectivity index (χ1) is 15.0. The molecule has 0 spiro atoms. The molecule has 1 aromatic rings. The molecular weight excluding hydrogens is 416 g/mol. The molecular formula is C24H30O8. The van der Waals surface area contributed by atoms with E-state index in [1.807, 2.05) is 6.92 Å². The van der Waals surface area contributed by atoms with Crippen molar-refractivity contribution >= 4 is 24.0 Å². The number of rotatable bonds is 8. The second kappa shape index (κ2) is 9.97. The molecule has 0 bridgehead atoms. The number of benzene rings is 1. The van der Waals surface area contributed by atoms with Gasteiger partial charge in [-0.15, -0.1) is 0 Å². The molecule has 1 aromatic carbocycles. The second-order valence-electron chi connectivity index (χ2n) is 8.25. The van der Waals surface area contributed by atoms with Gasteiger partial charge in [-0.3, -0.25) is 19.2 Å². The van der Waals surface area contributed by atoms with E-state index >= 15 is 0 Å². The van der Waals surface area contributed by atoms with Gasteiger partial charge < -0.3 is 18.9 Å². The summed E-state index contributed by atoms with van der Waals surface area (Å²) in [7, 11) is 2.84. The summed E-state index contributed by atoms with van der Waals surface area (Å²) >= 11 is 0. The van der Waals surface area contributed by atoms with Crippen LogP contribution in [-0.2, 0) is 23.9 Å². The summed E-state index contributed by atoms with van der Waals surface area (Å²) in [6.07, 6.45) is -0.939. The van der Waals surface area contributed by atoms with Crippen molar-refractivity contribution in [3.8, 4) is 11.5 Å². The summed E-state index contributed by atoms with van der Waals surface area (Å²) in [5.41, 5.74) is 0.798. The van der Waals surface area contributed by atoms with Crippen molar-refractivity contribution in [1.82, 2.24) is 0 Å². The maximum atomic E-state index is 12.8. The van der Waals surface area contributed by atoms with Crippen LogP contribution >= 0.6 is 0 Å². The van der Waals surface area contributed by atoms with Crippen LogP contribution in [0.5, 0.6) is 11.5 Å². The van der Waals surface area contributed by atoms with Gasteiger partial charge >= 0.3 is 11.9 Å². The van der Waals surface area contributed by atoms with Crippen LogP contribution in [0.2, 0.25) is 0 Å². The van der Waals surface area contributed by atoms with Gasteiger partial charge in [0, 0.05) is 42.9 Å². The molecule has 0 saturated carbocycles. The summed E-state index contributed by atoms with van der Waals surface area (Å²) in [6.45, 7) is 7.81. The van der Waals surface area contributed by atoms with E-state index in [9.17, 15) is 19.2 Å². The summed E-state index contributed by atoms with van der Waals surface area (Å²) in [4.78, 5) is 49.1. The Morgan fingerprint density at radius 1 is 1.00 bits per heavy atom. The summed E-state index contributed by atoms with van der Waals surface area (Å²) in [5, 5.41) is 0. The third kappa shape index (κ3) is 5.00. The Labute approximate surface area is 187 Å². The van der Waals surface area contributed by atoms with Gasteiger partial charge in [0.05, 0.1) is 14.2 Å². The fourth-order valence-corrected chi connectivity index (χ4v) is 4.24. The van der Waals surface area contributed by atoms with E-state index in [2.05, 4.69) is 0 Å². The molecule has 0 unspecified atom stereocenters. The molecule has 0 aromatic heterocycles. The number of esters is 2. The largest absolute Gasteiger partial charge is 0.497 e. The Balaban J connectivity index is 2.86. The van der Waals surface area contributed by atoms with Crippen LogP contribution in [-0.4, -0.2) is 44.3 Å². The molecule has 0 radical (unpaired) electrons. The number of hydrogen-bond acceptors (Lipinski definition) is 8. The molecule has 2 rings (SSSR count). The zero-order valence-corrected chi connectivity index (χ0v) is 19.6. The third-order valence-electron chi connectivity index (χ3n) is 5.72. The Hall–Kier alpha value is -3.16. The second-order valence-corrected chi connectivity index (χ2v) is 8.25. The van der Waals surface area contributed by atoms with Gasteiger partial charge in [-0.1, -0.05) is 5.57 Å². The molecule has 174 valence electrons. The minimum Gasteiger partial charge on any atom is -0.497 e. The average Bonchev–Trinajstić information content (AvgIpc) is 2.72. The van der Waals surface area contributed by atoms with E-state index < -0.39 is 29.6 Å². The maximum Gasteiger partial charge on any atom is 0.303 e. The first kappa shape index (κ1) is 25.1. The predicted octanol–water partition coefficient (Wildman–Crippen LogP) is 3.76. The lowest BCUT2D eigenvalue weighted by Crippen LogP contribution is -2.42. The van der Waals surface area contributed by atoms with Crippen LogP contribution in [0.3, 0.4) is 0 Å². The summed E-state index contributed by atoms with van der Waals surface area (Å²) in [5.74, 6) is -0.717. The van der Waals surface area contributed by atoms with Crippen molar-refractivity contribution in [3.63, 3.8) is 0 Å². The van der Waals surface area contributed by atoms with E-state index in [1.165, 1.54) is 34.1 Å². The highest BCUT2D eigenvalue weighted by atomic mass is 16.6. The number of ether oxygens (including phenoxy) is 4. The van der Waals surface area contributed by atoms with Gasteiger partial charge in [0.1, 0.15) is 17.3 Å². The number of carbonyl (C=O) groups excluding carboxylic acids is 4. The molecule has 1 aliphatic carbocycles. The number of hydrogen-bond donors (Lipinski definition) is 0. The van der Waals surface area contributed by atoms with Crippen LogP contribution in [0, 0.1) is 5.41 Å². The third-order valence-corrected chi connectivity index (χ3v) is 5.72. The monoisotopic (exact) mass is 446 g/mol. The van der Waals surface area contributed by atoms with Crippen LogP contribution < -0.4 is 9.47 Å². The number of Topliss-reactive ketones (excluding diaryl/α,β-unsaturated/α-hetero) is 1. The minimum absolute atomic E-state index is 0.0193. The maximum absolute atomic E-state index is 12.8. The Kier molecular flexibility index (Phi) is 7.83. The highest BCUT2D eigenvalue weighted by Crippen LogP contribution is 2.47. The zero-order valence-electron chi connectivity index (χ0n) is 19.6. The van der Waals surface area contributed by atoms with Crippen molar-refractivity contribution < 1.29 is 38.1 Å². The van der Waals surface area contributed by atoms with Crippen LogP contribution in [0.4, 0.5) is 0 Å². The van der Waals surface area contributed by atoms with Gasteiger partial charge in [-0.25, -0.2) is 0 Å². The molecule has 0 N–H and O–H groups in total. The quantitative estimate of drug-likeness (QED) is 0.338. The van der Waals surface area contributed by atoms with E-state index in [0.717, 1.165) is 5.57 Å². The molecule has 32 heavy (non-hydrogen) atoms. The lowest BCUT2D eigenvalue weighted by atomic mass is 9.68. The normalized spacial score (nSPS) is 17.3. The lowest BCUT2D eigenvalue weighted by molar-refractivity contribution is -0.164. The number of methoxy groups -OCH3 is 2. The molecule has 2 atom stereocenters. The van der Waals surface area contributed by atoms with Crippen LogP contribution in [0.15, 0.2) is 23.3 Å². The van der Waals surface area contributed by atoms with Crippen molar-refractivity contribution in [2.45, 2.75) is 59.7 Å². The fourth-order valence-electron chi connectivity index (χ4n) is 4.24. The Morgan fingerprint density at radius 2 is 1.59 bits per heavy atom. The van der Waals surface area contributed by atoms with Crippen molar-refractivity contribution in [2.75, 3.05) is 14.2 Å². The highest BCUT2D eigenvalue weighted by Gasteiger charge is 2.46. The summed E-state index contributed by atoms with van der Waals surface area (Å²) in [6, 6.07) is 3.02. The van der Waals surface area contributed by atoms with Crippen LogP contribution in [0.1, 0.15) is 69.5 Å². The molecule has 0 aliphatic heterocycles. The first-order valence-electron chi connectivity index (χ1n) is 10.3. The van der Waals surface area contributed by atoms with Gasteiger partial charge in [0.2, 0.25) is 0 Å². The highest BCUT2D eigenvalue weighted by molar-refractivity contribution is 5.89. The standard InChI is InChI=1S/C24H30O8/c1-13-8-9-19(28)24(4,5)21(13)23(32-15(3)27)22(31-14(2)26)20-16(12-25)10-17(29-6)11-18(20)30-7/h10-12,22-23H,8-9H2,1-7H3/t22-,23+/m1/s1.